The topological polar surface area (TPSA) is 51.2 Å². The molecule has 0 bridgehead atoms. The third-order valence-corrected chi connectivity index (χ3v) is 3.66. The van der Waals surface area contributed by atoms with Crippen molar-refractivity contribution < 1.29 is 9.53 Å². The molecule has 0 radical (unpaired) electrons. The largest absolute Gasteiger partial charge is 0.464 e. The Labute approximate surface area is 135 Å². The van der Waals surface area contributed by atoms with Crippen molar-refractivity contribution in [2.24, 2.45) is 0 Å². The predicted molar refractivity (Wildman–Crippen MR) is 92.3 cm³/mol. The summed E-state index contributed by atoms with van der Waals surface area (Å²) in [6.07, 6.45) is 0. The van der Waals surface area contributed by atoms with Crippen molar-refractivity contribution in [1.29, 1.82) is 0 Å². The van der Waals surface area contributed by atoms with E-state index in [1.807, 2.05) is 44.2 Å². The van der Waals surface area contributed by atoms with Gasteiger partial charge < -0.3 is 10.1 Å². The fraction of sp³-hybridized carbons (Fsp3) is 0.158. The standard InChI is InChI=1S/C19H18N2O2/c1-12-5-4-6-14(9-12)20-17-11-18(19(22)23-3)21-16-8-7-13(2)10-15(16)17/h4-11H,1-3H3,(H,20,21). The molecule has 0 amide bonds. The fourth-order valence-corrected chi connectivity index (χ4v) is 2.53. The molecule has 0 saturated heterocycles. The van der Waals surface area contributed by atoms with Crippen LogP contribution in [0.3, 0.4) is 0 Å². The number of hydrogen-bond acceptors (Lipinski definition) is 4. The minimum Gasteiger partial charge on any atom is -0.464 e. The molecule has 0 saturated carbocycles. The van der Waals surface area contributed by atoms with Gasteiger partial charge in [0.15, 0.2) is 5.69 Å². The van der Waals surface area contributed by atoms with E-state index in [9.17, 15) is 4.79 Å². The molecule has 0 spiro atoms. The van der Waals surface area contributed by atoms with Crippen molar-refractivity contribution in [1.82, 2.24) is 4.98 Å². The van der Waals surface area contributed by atoms with Gasteiger partial charge in [-0.2, -0.15) is 0 Å². The molecule has 0 aliphatic rings. The van der Waals surface area contributed by atoms with Gasteiger partial charge in [0.05, 0.1) is 18.3 Å². The molecule has 1 aromatic heterocycles. The molecular weight excluding hydrogens is 288 g/mol. The number of benzene rings is 2. The van der Waals surface area contributed by atoms with Crippen LogP contribution in [0.1, 0.15) is 21.6 Å². The highest BCUT2D eigenvalue weighted by molar-refractivity contribution is 5.99. The van der Waals surface area contributed by atoms with Crippen molar-refractivity contribution in [3.05, 3.63) is 65.4 Å². The maximum absolute atomic E-state index is 11.9. The van der Waals surface area contributed by atoms with E-state index >= 15 is 0 Å². The molecule has 0 atom stereocenters. The number of rotatable bonds is 3. The van der Waals surface area contributed by atoms with E-state index in [4.69, 9.17) is 4.74 Å². The number of hydrogen-bond donors (Lipinski definition) is 1. The molecule has 4 nitrogen and oxygen atoms in total. The number of aromatic nitrogens is 1. The first kappa shape index (κ1) is 15.0. The van der Waals surface area contributed by atoms with Gasteiger partial charge in [0.2, 0.25) is 0 Å². The van der Waals surface area contributed by atoms with Crippen LogP contribution < -0.4 is 5.32 Å². The molecule has 23 heavy (non-hydrogen) atoms. The van der Waals surface area contributed by atoms with Gasteiger partial charge in [-0.3, -0.25) is 0 Å². The van der Waals surface area contributed by atoms with E-state index in [-0.39, 0.29) is 0 Å². The average molecular weight is 306 g/mol. The minimum atomic E-state index is -0.445. The number of carbonyl (C=O) groups excluding carboxylic acids is 1. The van der Waals surface area contributed by atoms with Crippen molar-refractivity contribution in [3.63, 3.8) is 0 Å². The van der Waals surface area contributed by atoms with Gasteiger partial charge in [0.25, 0.3) is 0 Å². The van der Waals surface area contributed by atoms with Crippen LogP contribution in [0.25, 0.3) is 10.9 Å². The highest BCUT2D eigenvalue weighted by Gasteiger charge is 2.13. The van der Waals surface area contributed by atoms with Crippen molar-refractivity contribution in [3.8, 4) is 0 Å². The number of nitrogens with zero attached hydrogens (tertiary/aromatic N) is 1. The summed E-state index contributed by atoms with van der Waals surface area (Å²) >= 11 is 0. The Morgan fingerprint density at radius 3 is 2.57 bits per heavy atom. The third kappa shape index (κ3) is 3.16. The molecule has 4 heteroatoms. The molecule has 1 N–H and O–H groups in total. The van der Waals surface area contributed by atoms with Gasteiger partial charge in [-0.05, 0) is 49.7 Å². The van der Waals surface area contributed by atoms with Crippen molar-refractivity contribution in [2.45, 2.75) is 13.8 Å². The maximum Gasteiger partial charge on any atom is 0.356 e. The number of nitrogens with one attached hydrogen (secondary N) is 1. The molecule has 3 aromatic rings. The summed E-state index contributed by atoms with van der Waals surface area (Å²) < 4.78 is 4.80. The van der Waals surface area contributed by atoms with Crippen molar-refractivity contribution in [2.75, 3.05) is 12.4 Å². The number of aryl methyl sites for hydroxylation is 2. The van der Waals surface area contributed by atoms with Gasteiger partial charge in [0.1, 0.15) is 0 Å². The Morgan fingerprint density at radius 1 is 1.04 bits per heavy atom. The van der Waals surface area contributed by atoms with Gasteiger partial charge in [0, 0.05) is 11.1 Å². The molecule has 116 valence electrons. The van der Waals surface area contributed by atoms with Crippen LogP contribution in [0.2, 0.25) is 0 Å². The summed E-state index contributed by atoms with van der Waals surface area (Å²) in [4.78, 5) is 16.3. The van der Waals surface area contributed by atoms with E-state index < -0.39 is 5.97 Å². The monoisotopic (exact) mass is 306 g/mol. The molecule has 3 rings (SSSR count). The van der Waals surface area contributed by atoms with Gasteiger partial charge >= 0.3 is 5.97 Å². The van der Waals surface area contributed by atoms with Crippen LogP contribution in [0.15, 0.2) is 48.5 Å². The van der Waals surface area contributed by atoms with E-state index in [2.05, 4.69) is 22.4 Å². The normalized spacial score (nSPS) is 10.6. The molecule has 0 aliphatic heterocycles. The van der Waals surface area contributed by atoms with Gasteiger partial charge in [-0.25, -0.2) is 9.78 Å². The summed E-state index contributed by atoms with van der Waals surface area (Å²) in [5.74, 6) is -0.445. The first-order valence-corrected chi connectivity index (χ1v) is 7.40. The summed E-state index contributed by atoms with van der Waals surface area (Å²) in [6, 6.07) is 15.8. The number of ether oxygens (including phenoxy) is 1. The number of pyridine rings is 1. The van der Waals surface area contributed by atoms with Gasteiger partial charge in [-0.15, -0.1) is 0 Å². The highest BCUT2D eigenvalue weighted by atomic mass is 16.5. The second-order valence-corrected chi connectivity index (χ2v) is 5.56. The van der Waals surface area contributed by atoms with Gasteiger partial charge in [-0.1, -0.05) is 23.8 Å². The number of fused-ring (bicyclic) bond motifs is 1. The van der Waals surface area contributed by atoms with E-state index in [1.165, 1.54) is 7.11 Å². The molecular formula is C19H18N2O2. The zero-order valence-electron chi connectivity index (χ0n) is 13.4. The first-order valence-electron chi connectivity index (χ1n) is 7.40. The van der Waals surface area contributed by atoms with Crippen LogP contribution in [0.5, 0.6) is 0 Å². The smallest absolute Gasteiger partial charge is 0.356 e. The van der Waals surface area contributed by atoms with Crippen LogP contribution >= 0.6 is 0 Å². The molecule has 1 heterocycles. The lowest BCUT2D eigenvalue weighted by Gasteiger charge is -2.12. The Balaban J connectivity index is 2.15. The van der Waals surface area contributed by atoms with Crippen molar-refractivity contribution >= 4 is 28.2 Å². The SMILES string of the molecule is COC(=O)c1cc(Nc2cccc(C)c2)c2cc(C)ccc2n1. The Bertz CT molecular complexity index is 888. The second kappa shape index (κ2) is 6.08. The highest BCUT2D eigenvalue weighted by Crippen LogP contribution is 2.28. The summed E-state index contributed by atoms with van der Waals surface area (Å²) in [7, 11) is 1.36. The minimum absolute atomic E-state index is 0.291. The summed E-state index contributed by atoms with van der Waals surface area (Å²) in [5, 5.41) is 4.36. The lowest BCUT2D eigenvalue weighted by atomic mass is 10.1. The van der Waals surface area contributed by atoms with E-state index in [0.29, 0.717) is 5.69 Å². The van der Waals surface area contributed by atoms with Crippen LogP contribution in [0.4, 0.5) is 11.4 Å². The number of anilines is 2. The molecule has 0 aliphatic carbocycles. The lowest BCUT2D eigenvalue weighted by molar-refractivity contribution is 0.0594. The number of esters is 1. The lowest BCUT2D eigenvalue weighted by Crippen LogP contribution is -2.06. The zero-order valence-corrected chi connectivity index (χ0v) is 13.4. The second-order valence-electron chi connectivity index (χ2n) is 5.56. The van der Waals surface area contributed by atoms with Crippen LogP contribution in [-0.2, 0) is 4.74 Å². The fourth-order valence-electron chi connectivity index (χ4n) is 2.53. The Kier molecular flexibility index (Phi) is 3.98. The van der Waals surface area contributed by atoms with E-state index in [0.717, 1.165) is 33.4 Å². The maximum atomic E-state index is 11.9. The summed E-state index contributed by atoms with van der Waals surface area (Å²) in [5.41, 5.74) is 5.15. The third-order valence-electron chi connectivity index (χ3n) is 3.66. The average Bonchev–Trinajstić information content (AvgIpc) is 2.54. The van der Waals surface area contributed by atoms with Crippen LogP contribution in [-0.4, -0.2) is 18.1 Å². The predicted octanol–water partition coefficient (Wildman–Crippen LogP) is 4.38. The number of methoxy groups -OCH3 is 1. The molecule has 0 fully saturated rings. The quantitative estimate of drug-likeness (QED) is 0.729. The first-order chi connectivity index (χ1) is 11.1. The van der Waals surface area contributed by atoms with Crippen LogP contribution in [0, 0.1) is 13.8 Å². The Hall–Kier alpha value is -2.88. The van der Waals surface area contributed by atoms with E-state index in [1.54, 1.807) is 6.07 Å². The number of carbonyl (C=O) groups is 1. The zero-order chi connectivity index (χ0) is 16.4. The molecule has 2 aromatic carbocycles. The molecule has 0 unspecified atom stereocenters. The summed E-state index contributed by atoms with van der Waals surface area (Å²) in [6.45, 7) is 4.07. The Morgan fingerprint density at radius 2 is 1.83 bits per heavy atom.